The van der Waals surface area contributed by atoms with Gasteiger partial charge in [-0.2, -0.15) is 0 Å². The quantitative estimate of drug-likeness (QED) is 0.333. The van der Waals surface area contributed by atoms with Crippen LogP contribution in [0.1, 0.15) is 20.8 Å². The lowest BCUT2D eigenvalue weighted by atomic mass is 10.1. The van der Waals surface area contributed by atoms with Gasteiger partial charge in [0.1, 0.15) is 6.04 Å². The van der Waals surface area contributed by atoms with Gasteiger partial charge in [0, 0.05) is 25.0 Å². The number of hydrazine groups is 1. The topological polar surface area (TPSA) is 96.7 Å². The first-order valence-electron chi connectivity index (χ1n) is 6.58. The third-order valence-corrected chi connectivity index (χ3v) is 3.07. The van der Waals surface area contributed by atoms with Gasteiger partial charge in [0.15, 0.2) is 0 Å². The van der Waals surface area contributed by atoms with Crippen LogP contribution >= 0.6 is 0 Å². The fourth-order valence-electron chi connectivity index (χ4n) is 2.06. The molecule has 2 atom stereocenters. The van der Waals surface area contributed by atoms with E-state index in [1.54, 1.807) is 6.92 Å². The van der Waals surface area contributed by atoms with Gasteiger partial charge >= 0.3 is 0 Å². The highest BCUT2D eigenvalue weighted by atomic mass is 16.5. The highest BCUT2D eigenvalue weighted by molar-refractivity contribution is 5.82. The van der Waals surface area contributed by atoms with Crippen molar-refractivity contribution in [2.45, 2.75) is 32.9 Å². The molecule has 1 fully saturated rings. The van der Waals surface area contributed by atoms with Crippen molar-refractivity contribution < 1.29 is 14.3 Å². The maximum atomic E-state index is 12.1. The smallest absolute Gasteiger partial charge is 0.239 e. The highest BCUT2D eigenvalue weighted by Gasteiger charge is 2.31. The third kappa shape index (κ3) is 4.77. The monoisotopic (exact) mass is 272 g/mol. The van der Waals surface area contributed by atoms with Crippen LogP contribution < -0.4 is 16.6 Å². The maximum absolute atomic E-state index is 12.1. The van der Waals surface area contributed by atoms with Crippen LogP contribution in [0.5, 0.6) is 0 Å². The molecule has 4 N–H and O–H groups in total. The number of carbonyl (C=O) groups excluding carboxylic acids is 2. The minimum absolute atomic E-state index is 0.0601. The first-order valence-corrected chi connectivity index (χ1v) is 6.58. The van der Waals surface area contributed by atoms with E-state index in [-0.39, 0.29) is 29.8 Å². The molecule has 0 aromatic heterocycles. The fraction of sp³-hybridized carbons (Fsp3) is 0.833. The maximum Gasteiger partial charge on any atom is 0.239 e. The standard InChI is InChI=1S/C12H24N4O3/c1-8(2)14-12(18)10-7-19-5-4-16(10)6-9(3)11(17)15-13/h8-10H,4-7,13H2,1-3H3,(H,14,18)(H,15,17). The summed E-state index contributed by atoms with van der Waals surface area (Å²) < 4.78 is 5.36. The summed E-state index contributed by atoms with van der Waals surface area (Å²) in [6, 6.07) is -0.259. The minimum atomic E-state index is -0.343. The summed E-state index contributed by atoms with van der Waals surface area (Å²) in [6.45, 7) is 7.67. The highest BCUT2D eigenvalue weighted by Crippen LogP contribution is 2.11. The molecule has 7 nitrogen and oxygen atoms in total. The van der Waals surface area contributed by atoms with E-state index in [1.807, 2.05) is 18.7 Å². The molecule has 7 heteroatoms. The zero-order chi connectivity index (χ0) is 14.4. The predicted octanol–water partition coefficient (Wildman–Crippen LogP) is -1.16. The van der Waals surface area contributed by atoms with Gasteiger partial charge in [0.25, 0.3) is 0 Å². The first kappa shape index (κ1) is 15.9. The Morgan fingerprint density at radius 1 is 1.42 bits per heavy atom. The number of carbonyl (C=O) groups is 2. The molecule has 1 rings (SSSR count). The summed E-state index contributed by atoms with van der Waals surface area (Å²) in [6.07, 6.45) is 0. The number of hydrogen-bond donors (Lipinski definition) is 3. The SMILES string of the molecule is CC(C)NC(=O)C1COCCN1CC(C)C(=O)NN. The van der Waals surface area contributed by atoms with E-state index in [9.17, 15) is 9.59 Å². The molecule has 1 aliphatic rings. The van der Waals surface area contributed by atoms with Crippen LogP contribution in [-0.2, 0) is 14.3 Å². The van der Waals surface area contributed by atoms with Crippen molar-refractivity contribution in [1.82, 2.24) is 15.6 Å². The Kier molecular flexibility index (Phi) is 6.20. The van der Waals surface area contributed by atoms with Gasteiger partial charge in [-0.15, -0.1) is 0 Å². The molecule has 0 saturated carbocycles. The van der Waals surface area contributed by atoms with Crippen molar-refractivity contribution in [2.24, 2.45) is 11.8 Å². The van der Waals surface area contributed by atoms with Crippen molar-refractivity contribution in [1.29, 1.82) is 0 Å². The normalized spacial score (nSPS) is 22.1. The molecule has 0 aliphatic carbocycles. The van der Waals surface area contributed by atoms with Gasteiger partial charge in [-0.25, -0.2) is 5.84 Å². The second-order valence-corrected chi connectivity index (χ2v) is 5.16. The number of nitrogens with one attached hydrogen (secondary N) is 2. The molecule has 110 valence electrons. The Bertz CT molecular complexity index is 322. The largest absolute Gasteiger partial charge is 0.378 e. The minimum Gasteiger partial charge on any atom is -0.378 e. The summed E-state index contributed by atoms with van der Waals surface area (Å²) >= 11 is 0. The van der Waals surface area contributed by atoms with Gasteiger partial charge in [0.2, 0.25) is 11.8 Å². The lowest BCUT2D eigenvalue weighted by Gasteiger charge is -2.36. The van der Waals surface area contributed by atoms with Gasteiger partial charge in [0.05, 0.1) is 13.2 Å². The fourth-order valence-corrected chi connectivity index (χ4v) is 2.06. The number of nitrogens with two attached hydrogens (primary N) is 1. The molecule has 0 aromatic rings. The molecule has 19 heavy (non-hydrogen) atoms. The molecule has 1 aliphatic heterocycles. The summed E-state index contributed by atoms with van der Waals surface area (Å²) in [5.74, 6) is 4.56. The summed E-state index contributed by atoms with van der Waals surface area (Å²) in [5.41, 5.74) is 2.13. The molecule has 0 aromatic carbocycles. The van der Waals surface area contributed by atoms with Crippen molar-refractivity contribution >= 4 is 11.8 Å². The van der Waals surface area contributed by atoms with E-state index in [1.165, 1.54) is 0 Å². The average Bonchev–Trinajstić information content (AvgIpc) is 2.37. The Labute approximate surface area is 113 Å². The van der Waals surface area contributed by atoms with E-state index in [0.29, 0.717) is 26.3 Å². The van der Waals surface area contributed by atoms with Gasteiger partial charge in [-0.3, -0.25) is 19.9 Å². The molecular formula is C12H24N4O3. The van der Waals surface area contributed by atoms with E-state index < -0.39 is 0 Å². The molecule has 2 amide bonds. The molecular weight excluding hydrogens is 248 g/mol. The van der Waals surface area contributed by atoms with E-state index in [2.05, 4.69) is 10.7 Å². The Morgan fingerprint density at radius 3 is 2.68 bits per heavy atom. The van der Waals surface area contributed by atoms with Crippen LogP contribution in [0.3, 0.4) is 0 Å². The zero-order valence-corrected chi connectivity index (χ0v) is 11.8. The van der Waals surface area contributed by atoms with E-state index in [4.69, 9.17) is 10.6 Å². The van der Waals surface area contributed by atoms with Crippen LogP contribution in [0.25, 0.3) is 0 Å². The Balaban J connectivity index is 2.62. The Hall–Kier alpha value is -1.18. The molecule has 0 radical (unpaired) electrons. The van der Waals surface area contributed by atoms with Gasteiger partial charge < -0.3 is 10.1 Å². The number of rotatable bonds is 5. The van der Waals surface area contributed by atoms with Crippen LogP contribution in [0, 0.1) is 5.92 Å². The van der Waals surface area contributed by atoms with Crippen LogP contribution in [0.4, 0.5) is 0 Å². The zero-order valence-electron chi connectivity index (χ0n) is 11.8. The van der Waals surface area contributed by atoms with Crippen molar-refractivity contribution in [3.8, 4) is 0 Å². The van der Waals surface area contributed by atoms with Crippen LogP contribution in [-0.4, -0.2) is 55.1 Å². The van der Waals surface area contributed by atoms with Crippen LogP contribution in [0.15, 0.2) is 0 Å². The first-order chi connectivity index (χ1) is 8.95. The van der Waals surface area contributed by atoms with E-state index >= 15 is 0 Å². The predicted molar refractivity (Wildman–Crippen MR) is 71.0 cm³/mol. The second-order valence-electron chi connectivity index (χ2n) is 5.16. The second kappa shape index (κ2) is 7.42. The summed E-state index contributed by atoms with van der Waals surface area (Å²) in [4.78, 5) is 25.5. The molecule has 1 saturated heterocycles. The summed E-state index contributed by atoms with van der Waals surface area (Å²) in [5, 5.41) is 2.87. The Morgan fingerprint density at radius 2 is 2.11 bits per heavy atom. The van der Waals surface area contributed by atoms with Crippen molar-refractivity contribution in [3.63, 3.8) is 0 Å². The molecule has 1 heterocycles. The number of ether oxygens (including phenoxy) is 1. The lowest BCUT2D eigenvalue weighted by Crippen LogP contribution is -2.56. The number of morpholine rings is 1. The third-order valence-electron chi connectivity index (χ3n) is 3.07. The lowest BCUT2D eigenvalue weighted by molar-refractivity contribution is -0.135. The van der Waals surface area contributed by atoms with Crippen LogP contribution in [0.2, 0.25) is 0 Å². The number of hydrogen-bond acceptors (Lipinski definition) is 5. The van der Waals surface area contributed by atoms with Crippen molar-refractivity contribution in [3.05, 3.63) is 0 Å². The molecule has 2 unspecified atom stereocenters. The number of nitrogens with zero attached hydrogens (tertiary/aromatic N) is 1. The van der Waals surface area contributed by atoms with E-state index in [0.717, 1.165) is 0 Å². The average molecular weight is 272 g/mol. The van der Waals surface area contributed by atoms with Crippen molar-refractivity contribution in [2.75, 3.05) is 26.3 Å². The number of amides is 2. The molecule has 0 spiro atoms. The summed E-state index contributed by atoms with van der Waals surface area (Å²) in [7, 11) is 0. The van der Waals surface area contributed by atoms with Gasteiger partial charge in [-0.05, 0) is 13.8 Å². The molecule has 0 bridgehead atoms. The van der Waals surface area contributed by atoms with Gasteiger partial charge in [-0.1, -0.05) is 6.92 Å².